The molecule has 0 bridgehead atoms. The second-order valence-electron chi connectivity index (χ2n) is 4.61. The van der Waals surface area contributed by atoms with Gasteiger partial charge in [0.25, 0.3) is 0 Å². The Hall–Kier alpha value is -0.600. The maximum atomic E-state index is 4.02. The van der Waals surface area contributed by atoms with Gasteiger partial charge < -0.3 is 5.32 Å². The Morgan fingerprint density at radius 3 is 2.71 bits per heavy atom. The van der Waals surface area contributed by atoms with Crippen LogP contribution in [0.2, 0.25) is 0 Å². The molecule has 0 aliphatic heterocycles. The number of nitrogens with one attached hydrogen (secondary N) is 1. The fourth-order valence-electron chi connectivity index (χ4n) is 1.91. The summed E-state index contributed by atoms with van der Waals surface area (Å²) < 4.78 is 1.20. The van der Waals surface area contributed by atoms with Crippen molar-refractivity contribution >= 4 is 15.9 Å². The molecule has 0 saturated carbocycles. The Balaban J connectivity index is 2.64. The molecule has 1 nitrogen and oxygen atoms in total. The fourth-order valence-corrected chi connectivity index (χ4v) is 2.36. The first kappa shape index (κ1) is 14.5. The molecule has 0 spiro atoms. The van der Waals surface area contributed by atoms with Crippen molar-refractivity contribution in [2.24, 2.45) is 0 Å². The van der Waals surface area contributed by atoms with Gasteiger partial charge in [0.15, 0.2) is 0 Å². The number of benzene rings is 1. The lowest BCUT2D eigenvalue weighted by molar-refractivity contribution is 0.503. The largest absolute Gasteiger partial charge is 0.313 e. The summed E-state index contributed by atoms with van der Waals surface area (Å²) in [6.07, 6.45) is 3.26. The first-order valence-corrected chi connectivity index (χ1v) is 7.04. The summed E-state index contributed by atoms with van der Waals surface area (Å²) in [5.41, 5.74) is 2.60. The average molecular weight is 296 g/mol. The molecular weight excluding hydrogens is 274 g/mol. The van der Waals surface area contributed by atoms with E-state index in [0.29, 0.717) is 6.04 Å². The maximum Gasteiger partial charge on any atom is 0.0207 e. The maximum absolute atomic E-state index is 4.02. The lowest BCUT2D eigenvalue weighted by atomic mass is 10.0. The molecule has 1 N–H and O–H groups in total. The summed E-state index contributed by atoms with van der Waals surface area (Å²) in [4.78, 5) is 0. The van der Waals surface area contributed by atoms with Gasteiger partial charge in [-0.3, -0.25) is 0 Å². The van der Waals surface area contributed by atoms with Crippen LogP contribution in [-0.4, -0.2) is 12.6 Å². The van der Waals surface area contributed by atoms with Gasteiger partial charge in [-0.1, -0.05) is 46.6 Å². The molecule has 17 heavy (non-hydrogen) atoms. The summed E-state index contributed by atoms with van der Waals surface area (Å²) in [5, 5.41) is 3.59. The van der Waals surface area contributed by atoms with Crippen molar-refractivity contribution in [2.45, 2.75) is 39.2 Å². The van der Waals surface area contributed by atoms with Crippen LogP contribution >= 0.6 is 15.9 Å². The van der Waals surface area contributed by atoms with E-state index in [1.807, 2.05) is 0 Å². The molecule has 1 aromatic rings. The highest BCUT2D eigenvalue weighted by Crippen LogP contribution is 2.19. The van der Waals surface area contributed by atoms with E-state index in [1.54, 1.807) is 0 Å². The smallest absolute Gasteiger partial charge is 0.0207 e. The standard InChI is InChI=1S/C15H22BrN/c1-4-9-17-14(10-12(2)3)11-13-7-5-6-8-15(13)16/h5-8,14,17H,2,4,9-11H2,1,3H3. The summed E-state index contributed by atoms with van der Waals surface area (Å²) in [7, 11) is 0. The zero-order chi connectivity index (χ0) is 12.7. The average Bonchev–Trinajstić information content (AvgIpc) is 2.28. The quantitative estimate of drug-likeness (QED) is 0.739. The molecule has 2 heteroatoms. The summed E-state index contributed by atoms with van der Waals surface area (Å²) >= 11 is 3.61. The molecule has 1 atom stereocenters. The molecule has 1 rings (SSSR count). The van der Waals surface area contributed by atoms with E-state index in [-0.39, 0.29) is 0 Å². The second kappa shape index (κ2) is 7.67. The van der Waals surface area contributed by atoms with Gasteiger partial charge in [-0.25, -0.2) is 0 Å². The molecule has 94 valence electrons. The van der Waals surface area contributed by atoms with Crippen molar-refractivity contribution in [2.75, 3.05) is 6.54 Å². The van der Waals surface area contributed by atoms with E-state index >= 15 is 0 Å². The molecule has 0 amide bonds. The molecule has 0 saturated heterocycles. The molecule has 0 radical (unpaired) electrons. The Labute approximate surface area is 113 Å². The van der Waals surface area contributed by atoms with Crippen molar-refractivity contribution in [3.05, 3.63) is 46.5 Å². The van der Waals surface area contributed by atoms with Crippen molar-refractivity contribution in [1.29, 1.82) is 0 Å². The lowest BCUT2D eigenvalue weighted by Crippen LogP contribution is -2.32. The van der Waals surface area contributed by atoms with Gasteiger partial charge in [-0.2, -0.15) is 0 Å². The van der Waals surface area contributed by atoms with Crippen LogP contribution in [0.4, 0.5) is 0 Å². The van der Waals surface area contributed by atoms with Gasteiger partial charge >= 0.3 is 0 Å². The third kappa shape index (κ3) is 5.51. The lowest BCUT2D eigenvalue weighted by Gasteiger charge is -2.19. The third-order valence-corrected chi connectivity index (χ3v) is 3.48. The van der Waals surface area contributed by atoms with Gasteiger partial charge in [0.2, 0.25) is 0 Å². The first-order chi connectivity index (χ1) is 8.13. The molecular formula is C15H22BrN. The summed E-state index contributed by atoms with van der Waals surface area (Å²) in [5.74, 6) is 0. The van der Waals surface area contributed by atoms with E-state index in [2.05, 4.69) is 65.9 Å². The minimum Gasteiger partial charge on any atom is -0.313 e. The van der Waals surface area contributed by atoms with Gasteiger partial charge in [0, 0.05) is 10.5 Å². The van der Waals surface area contributed by atoms with Crippen LogP contribution in [0.25, 0.3) is 0 Å². The third-order valence-electron chi connectivity index (χ3n) is 2.70. The van der Waals surface area contributed by atoms with Crippen LogP contribution in [0.5, 0.6) is 0 Å². The van der Waals surface area contributed by atoms with E-state index in [4.69, 9.17) is 0 Å². The van der Waals surface area contributed by atoms with E-state index in [9.17, 15) is 0 Å². The summed E-state index contributed by atoms with van der Waals surface area (Å²) in [6, 6.07) is 8.93. The van der Waals surface area contributed by atoms with Gasteiger partial charge in [-0.15, -0.1) is 6.58 Å². The van der Waals surface area contributed by atoms with Gasteiger partial charge in [0.05, 0.1) is 0 Å². The molecule has 0 aliphatic rings. The van der Waals surface area contributed by atoms with Crippen LogP contribution in [0.3, 0.4) is 0 Å². The highest BCUT2D eigenvalue weighted by atomic mass is 79.9. The number of hydrogen-bond donors (Lipinski definition) is 1. The number of hydrogen-bond acceptors (Lipinski definition) is 1. The zero-order valence-corrected chi connectivity index (χ0v) is 12.4. The molecule has 1 unspecified atom stereocenters. The minimum atomic E-state index is 0.492. The highest BCUT2D eigenvalue weighted by Gasteiger charge is 2.10. The minimum absolute atomic E-state index is 0.492. The van der Waals surface area contributed by atoms with Gasteiger partial charge in [-0.05, 0) is 44.4 Å². The predicted molar refractivity (Wildman–Crippen MR) is 79.4 cm³/mol. The van der Waals surface area contributed by atoms with E-state index < -0.39 is 0 Å². The van der Waals surface area contributed by atoms with Crippen molar-refractivity contribution in [1.82, 2.24) is 5.32 Å². The zero-order valence-electron chi connectivity index (χ0n) is 10.8. The van der Waals surface area contributed by atoms with Crippen LogP contribution < -0.4 is 5.32 Å². The van der Waals surface area contributed by atoms with Crippen LogP contribution in [0.15, 0.2) is 40.9 Å². The second-order valence-corrected chi connectivity index (χ2v) is 5.46. The molecule has 0 heterocycles. The van der Waals surface area contributed by atoms with Gasteiger partial charge in [0.1, 0.15) is 0 Å². The normalized spacial score (nSPS) is 12.4. The Kier molecular flexibility index (Phi) is 6.53. The van der Waals surface area contributed by atoms with Crippen LogP contribution in [0.1, 0.15) is 32.3 Å². The van der Waals surface area contributed by atoms with Crippen molar-refractivity contribution in [3.8, 4) is 0 Å². The topological polar surface area (TPSA) is 12.0 Å². The highest BCUT2D eigenvalue weighted by molar-refractivity contribution is 9.10. The molecule has 0 aliphatic carbocycles. The monoisotopic (exact) mass is 295 g/mol. The Bertz CT molecular complexity index is 360. The van der Waals surface area contributed by atoms with E-state index in [1.165, 1.54) is 22.0 Å². The first-order valence-electron chi connectivity index (χ1n) is 6.24. The number of halogens is 1. The molecule has 1 aromatic carbocycles. The van der Waals surface area contributed by atoms with Crippen molar-refractivity contribution < 1.29 is 0 Å². The number of rotatable bonds is 7. The SMILES string of the molecule is C=C(C)CC(Cc1ccccc1Br)NCCC. The predicted octanol–water partition coefficient (Wildman–Crippen LogP) is 4.33. The Morgan fingerprint density at radius 2 is 2.12 bits per heavy atom. The summed E-state index contributed by atoms with van der Waals surface area (Å²) in [6.45, 7) is 9.38. The molecule has 0 fully saturated rings. The van der Waals surface area contributed by atoms with Crippen LogP contribution in [0, 0.1) is 0 Å². The fraction of sp³-hybridized carbons (Fsp3) is 0.467. The van der Waals surface area contributed by atoms with Crippen LogP contribution in [-0.2, 0) is 6.42 Å². The van der Waals surface area contributed by atoms with E-state index in [0.717, 1.165) is 19.4 Å². The molecule has 0 aromatic heterocycles. The van der Waals surface area contributed by atoms with Crippen molar-refractivity contribution in [3.63, 3.8) is 0 Å². The Morgan fingerprint density at radius 1 is 1.41 bits per heavy atom.